The van der Waals surface area contributed by atoms with E-state index in [1.165, 1.54) is 0 Å². The van der Waals surface area contributed by atoms with Crippen molar-refractivity contribution in [1.29, 1.82) is 10.5 Å². The zero-order chi connectivity index (χ0) is 27.3. The molecule has 12 heteroatoms. The van der Waals surface area contributed by atoms with E-state index < -0.39 is 5.60 Å². The minimum Gasteiger partial charge on any atom is -0.390 e. The molecule has 202 valence electrons. The molecule has 2 aliphatic heterocycles. The maximum Gasteiger partial charge on any atom is 0.241 e. The van der Waals surface area contributed by atoms with Gasteiger partial charge in [-0.1, -0.05) is 11.6 Å². The van der Waals surface area contributed by atoms with Gasteiger partial charge < -0.3 is 20.6 Å². The first-order chi connectivity index (χ1) is 18.7. The van der Waals surface area contributed by atoms with Crippen molar-refractivity contribution >= 4 is 40.7 Å². The molecule has 3 N–H and O–H groups in total. The molecule has 0 bridgehead atoms. The number of nitriles is 2. The molecular formula is C27H31ClN10O. The molecule has 3 aliphatic rings. The van der Waals surface area contributed by atoms with Gasteiger partial charge in [0.15, 0.2) is 5.69 Å². The van der Waals surface area contributed by atoms with Gasteiger partial charge in [-0.2, -0.15) is 25.5 Å². The highest BCUT2D eigenvalue weighted by molar-refractivity contribution is 6.36. The number of nitrogens with zero attached hydrogens (tertiary/aromatic N) is 8. The van der Waals surface area contributed by atoms with Gasteiger partial charge >= 0.3 is 0 Å². The van der Waals surface area contributed by atoms with Crippen LogP contribution in [0.1, 0.15) is 50.8 Å². The molecule has 2 saturated heterocycles. The van der Waals surface area contributed by atoms with Gasteiger partial charge in [0.2, 0.25) is 17.7 Å². The van der Waals surface area contributed by atoms with E-state index in [0.717, 1.165) is 57.5 Å². The fraction of sp³-hybridized carbons (Fsp3) is 0.519. The lowest BCUT2D eigenvalue weighted by Gasteiger charge is -2.49. The molecule has 0 spiro atoms. The molecule has 1 aromatic carbocycles. The van der Waals surface area contributed by atoms with Crippen LogP contribution in [0.15, 0.2) is 18.3 Å². The number of aliphatic hydroxyl groups is 1. The van der Waals surface area contributed by atoms with Crippen molar-refractivity contribution in [1.82, 2.24) is 24.3 Å². The second-order valence-electron chi connectivity index (χ2n) is 11.3. The van der Waals surface area contributed by atoms with Crippen molar-refractivity contribution < 1.29 is 5.11 Å². The fourth-order valence-corrected chi connectivity index (χ4v) is 5.75. The third kappa shape index (κ3) is 5.18. The third-order valence-electron chi connectivity index (χ3n) is 8.04. The minimum atomic E-state index is -0.634. The zero-order valence-corrected chi connectivity index (χ0v) is 22.8. The Labute approximate surface area is 232 Å². The van der Waals surface area contributed by atoms with Gasteiger partial charge in [-0.3, -0.25) is 9.30 Å². The van der Waals surface area contributed by atoms with E-state index >= 15 is 0 Å². The number of aromatic nitrogens is 4. The van der Waals surface area contributed by atoms with E-state index in [1.807, 2.05) is 26.0 Å². The molecule has 11 nitrogen and oxygen atoms in total. The van der Waals surface area contributed by atoms with Gasteiger partial charge in [0.05, 0.1) is 39.8 Å². The SMILES string of the molecule is CC(C)(O)C1CCN(C2CN(c3cc(C#N)cc(Nc4nc(NC5CC5)n5cc(C#N)nc5n4)c3Cl)C2)CC1. The van der Waals surface area contributed by atoms with Gasteiger partial charge in [-0.05, 0) is 70.7 Å². The summed E-state index contributed by atoms with van der Waals surface area (Å²) in [5.74, 6) is 1.50. The number of halogens is 1. The molecule has 0 amide bonds. The molecule has 1 saturated carbocycles. The van der Waals surface area contributed by atoms with Crippen molar-refractivity contribution in [2.24, 2.45) is 5.92 Å². The number of likely N-dealkylation sites (tertiary alicyclic amines) is 1. The standard InChI is InChI=1S/C27H31ClN10O/c1-27(2,39)17-5-7-36(8-6-17)20-14-37(15-20)22-10-16(11-29)9-21(23(22)28)33-24-34-25(31-18-3-4-18)38-13-19(12-30)32-26(38)35-24/h9-10,13,17-18,20,39H,3-8,14-15H2,1-2H3,(H2,31,32,33,34,35). The number of fused-ring (bicyclic) bond motifs is 1. The summed E-state index contributed by atoms with van der Waals surface area (Å²) in [5.41, 5.74) is 1.44. The lowest BCUT2D eigenvalue weighted by molar-refractivity contribution is -0.0207. The number of rotatable bonds is 7. The lowest BCUT2D eigenvalue weighted by Crippen LogP contribution is -2.61. The number of hydrogen-bond acceptors (Lipinski definition) is 10. The summed E-state index contributed by atoms with van der Waals surface area (Å²) in [4.78, 5) is 18.1. The lowest BCUT2D eigenvalue weighted by atomic mass is 9.82. The van der Waals surface area contributed by atoms with Crippen molar-refractivity contribution in [2.75, 3.05) is 41.7 Å². The molecule has 39 heavy (non-hydrogen) atoms. The highest BCUT2D eigenvalue weighted by atomic mass is 35.5. The first-order valence-corrected chi connectivity index (χ1v) is 13.8. The third-order valence-corrected chi connectivity index (χ3v) is 8.43. The van der Waals surface area contributed by atoms with Crippen LogP contribution in [0.2, 0.25) is 5.02 Å². The number of nitrogens with one attached hydrogen (secondary N) is 2. The molecule has 6 rings (SSSR count). The van der Waals surface area contributed by atoms with Crippen LogP contribution >= 0.6 is 11.6 Å². The molecule has 4 heterocycles. The second-order valence-corrected chi connectivity index (χ2v) is 11.7. The molecule has 3 fully saturated rings. The van der Waals surface area contributed by atoms with E-state index in [0.29, 0.717) is 46.0 Å². The summed E-state index contributed by atoms with van der Waals surface area (Å²) >= 11 is 6.89. The first-order valence-electron chi connectivity index (χ1n) is 13.4. The van der Waals surface area contributed by atoms with Crippen LogP contribution in [0.4, 0.5) is 23.3 Å². The van der Waals surface area contributed by atoms with E-state index in [4.69, 9.17) is 11.6 Å². The normalized spacial score (nSPS) is 19.0. The maximum atomic E-state index is 10.4. The predicted molar refractivity (Wildman–Crippen MR) is 148 cm³/mol. The summed E-state index contributed by atoms with van der Waals surface area (Å²) in [6.07, 6.45) is 5.71. The van der Waals surface area contributed by atoms with Crippen LogP contribution in [-0.4, -0.2) is 73.2 Å². The molecule has 0 unspecified atom stereocenters. The predicted octanol–water partition coefficient (Wildman–Crippen LogP) is 3.51. The quantitative estimate of drug-likeness (QED) is 0.403. The van der Waals surface area contributed by atoms with E-state index in [-0.39, 0.29) is 11.6 Å². The second kappa shape index (κ2) is 9.83. The average molecular weight is 547 g/mol. The Bertz CT molecular complexity index is 1480. The highest BCUT2D eigenvalue weighted by Gasteiger charge is 2.38. The molecule has 3 aromatic rings. The number of benzene rings is 1. The van der Waals surface area contributed by atoms with Gasteiger partial charge in [-0.15, -0.1) is 0 Å². The number of anilines is 4. The summed E-state index contributed by atoms with van der Waals surface area (Å²) < 4.78 is 1.67. The Balaban J connectivity index is 1.21. The highest BCUT2D eigenvalue weighted by Crippen LogP contribution is 2.39. The minimum absolute atomic E-state index is 0.253. The summed E-state index contributed by atoms with van der Waals surface area (Å²) in [6, 6.07) is 8.56. The fourth-order valence-electron chi connectivity index (χ4n) is 5.47. The van der Waals surface area contributed by atoms with Crippen LogP contribution in [0.3, 0.4) is 0 Å². The van der Waals surface area contributed by atoms with Crippen LogP contribution < -0.4 is 15.5 Å². The Morgan fingerprint density at radius 1 is 1.05 bits per heavy atom. The van der Waals surface area contributed by atoms with Crippen molar-refractivity contribution in [3.05, 3.63) is 34.6 Å². The molecule has 1 aliphatic carbocycles. The van der Waals surface area contributed by atoms with Crippen LogP contribution in [0, 0.1) is 28.6 Å². The van der Waals surface area contributed by atoms with Gasteiger partial charge in [0.25, 0.3) is 0 Å². The van der Waals surface area contributed by atoms with Crippen LogP contribution in [0.5, 0.6) is 0 Å². The smallest absolute Gasteiger partial charge is 0.241 e. The van der Waals surface area contributed by atoms with Crippen LogP contribution in [0.25, 0.3) is 5.78 Å². The molecule has 0 atom stereocenters. The van der Waals surface area contributed by atoms with Gasteiger partial charge in [-0.25, -0.2) is 0 Å². The van der Waals surface area contributed by atoms with E-state index in [2.05, 4.69) is 41.5 Å². The topological polar surface area (TPSA) is 141 Å². The Morgan fingerprint density at radius 2 is 1.79 bits per heavy atom. The number of hydrogen-bond donors (Lipinski definition) is 3. The Morgan fingerprint density at radius 3 is 2.44 bits per heavy atom. The van der Waals surface area contributed by atoms with Gasteiger partial charge in [0, 0.05) is 25.2 Å². The maximum absolute atomic E-state index is 10.4. The van der Waals surface area contributed by atoms with Crippen molar-refractivity contribution in [2.45, 2.75) is 57.2 Å². The van der Waals surface area contributed by atoms with E-state index in [9.17, 15) is 15.6 Å². The average Bonchev–Trinajstić information content (AvgIpc) is 3.60. The first kappa shape index (κ1) is 25.6. The van der Waals surface area contributed by atoms with Crippen molar-refractivity contribution in [3.63, 3.8) is 0 Å². The van der Waals surface area contributed by atoms with Crippen LogP contribution in [-0.2, 0) is 0 Å². The molecule has 2 aromatic heterocycles. The Hall–Kier alpha value is -3.64. The zero-order valence-electron chi connectivity index (χ0n) is 22.0. The van der Waals surface area contributed by atoms with Gasteiger partial charge in [0.1, 0.15) is 6.07 Å². The Kier molecular flexibility index (Phi) is 6.46. The number of piperidine rings is 1. The van der Waals surface area contributed by atoms with Crippen molar-refractivity contribution in [3.8, 4) is 12.1 Å². The number of imidazole rings is 1. The summed E-state index contributed by atoms with van der Waals surface area (Å²) in [5, 5.41) is 36.4. The van der Waals surface area contributed by atoms with E-state index in [1.54, 1.807) is 16.7 Å². The largest absolute Gasteiger partial charge is 0.390 e. The molecular weight excluding hydrogens is 516 g/mol. The monoisotopic (exact) mass is 546 g/mol. The summed E-state index contributed by atoms with van der Waals surface area (Å²) in [7, 11) is 0. The summed E-state index contributed by atoms with van der Waals surface area (Å²) in [6.45, 7) is 7.41. The molecule has 0 radical (unpaired) electrons.